The molecule has 0 radical (unpaired) electrons. The summed E-state index contributed by atoms with van der Waals surface area (Å²) in [6.45, 7) is 8.20. The van der Waals surface area contributed by atoms with Gasteiger partial charge in [-0.25, -0.2) is 4.68 Å². The lowest BCUT2D eigenvalue weighted by Crippen LogP contribution is -2.23. The summed E-state index contributed by atoms with van der Waals surface area (Å²) in [5.41, 5.74) is 6.31. The maximum atomic E-state index is 13.4. The van der Waals surface area contributed by atoms with Gasteiger partial charge in [0, 0.05) is 22.9 Å². The van der Waals surface area contributed by atoms with Crippen molar-refractivity contribution in [3.63, 3.8) is 0 Å². The first-order valence-corrected chi connectivity index (χ1v) is 13.3. The number of hydrogen-bond donors (Lipinski definition) is 0. The minimum absolute atomic E-state index is 0.204. The molecule has 3 heterocycles. The highest BCUT2D eigenvalue weighted by Crippen LogP contribution is 2.30. The van der Waals surface area contributed by atoms with E-state index in [9.17, 15) is 4.79 Å². The molecule has 0 N–H and O–H groups in total. The Morgan fingerprint density at radius 3 is 2.51 bits per heavy atom. The zero-order valence-corrected chi connectivity index (χ0v) is 22.4. The van der Waals surface area contributed by atoms with E-state index in [-0.39, 0.29) is 5.56 Å². The number of para-hydroxylation sites is 1. The number of ether oxygens (including phenoxy) is 1. The molecule has 192 valence electrons. The predicted octanol–water partition coefficient (Wildman–Crippen LogP) is 5.40. The van der Waals surface area contributed by atoms with Crippen LogP contribution in [0.4, 0.5) is 0 Å². The molecule has 0 fully saturated rings. The van der Waals surface area contributed by atoms with E-state index in [1.165, 1.54) is 15.9 Å². The van der Waals surface area contributed by atoms with Crippen LogP contribution in [0.15, 0.2) is 96.4 Å². The highest BCUT2D eigenvalue weighted by molar-refractivity contribution is 7.15. The highest BCUT2D eigenvalue weighted by atomic mass is 32.1. The van der Waals surface area contributed by atoms with Crippen molar-refractivity contribution in [1.29, 1.82) is 0 Å². The fourth-order valence-corrected chi connectivity index (χ4v) is 5.26. The van der Waals surface area contributed by atoms with Crippen molar-refractivity contribution in [3.05, 3.63) is 123 Å². The van der Waals surface area contributed by atoms with Crippen LogP contribution in [0, 0.1) is 13.8 Å². The SMILES string of the molecule is C=CCOc1ccc(-c2nn(-c3ccccc3)cc2/C=c2\sc3nc(-c4ccc(C)cc4)nn3c2=O)c(C)c1. The molecule has 3 aromatic carbocycles. The van der Waals surface area contributed by atoms with E-state index in [1.54, 1.807) is 6.08 Å². The first-order chi connectivity index (χ1) is 19.0. The Morgan fingerprint density at radius 1 is 1.00 bits per heavy atom. The Morgan fingerprint density at radius 2 is 1.79 bits per heavy atom. The average molecular weight is 532 g/mol. The molecule has 7 nitrogen and oxygen atoms in total. The van der Waals surface area contributed by atoms with E-state index in [4.69, 9.17) is 9.84 Å². The van der Waals surface area contributed by atoms with E-state index in [0.29, 0.717) is 21.9 Å². The predicted molar refractivity (Wildman–Crippen MR) is 156 cm³/mol. The first-order valence-electron chi connectivity index (χ1n) is 12.5. The Balaban J connectivity index is 1.46. The van der Waals surface area contributed by atoms with Crippen LogP contribution in [-0.4, -0.2) is 31.0 Å². The molecule has 0 spiro atoms. The monoisotopic (exact) mass is 531 g/mol. The fraction of sp³-hybridized carbons (Fsp3) is 0.0968. The van der Waals surface area contributed by atoms with Gasteiger partial charge >= 0.3 is 0 Å². The van der Waals surface area contributed by atoms with E-state index in [2.05, 4.69) is 16.7 Å². The summed E-state index contributed by atoms with van der Waals surface area (Å²) in [6.07, 6.45) is 5.53. The first kappa shape index (κ1) is 24.5. The lowest BCUT2D eigenvalue weighted by atomic mass is 10.0. The summed E-state index contributed by atoms with van der Waals surface area (Å²) in [7, 11) is 0. The number of thiazole rings is 1. The molecule has 6 rings (SSSR count). The second-order valence-electron chi connectivity index (χ2n) is 9.20. The number of aryl methyl sites for hydroxylation is 2. The third-order valence-electron chi connectivity index (χ3n) is 6.36. The van der Waals surface area contributed by atoms with Crippen LogP contribution in [0.25, 0.3) is 39.4 Å². The molecule has 0 amide bonds. The fourth-order valence-electron chi connectivity index (χ4n) is 4.36. The summed E-state index contributed by atoms with van der Waals surface area (Å²) in [5, 5.41) is 9.42. The Labute approximate surface area is 229 Å². The molecule has 8 heteroatoms. The van der Waals surface area contributed by atoms with Gasteiger partial charge in [-0.05, 0) is 55.8 Å². The highest BCUT2D eigenvalue weighted by Gasteiger charge is 2.16. The van der Waals surface area contributed by atoms with Crippen LogP contribution in [-0.2, 0) is 0 Å². The summed E-state index contributed by atoms with van der Waals surface area (Å²) < 4.78 is 9.46. The maximum absolute atomic E-state index is 13.4. The third kappa shape index (κ3) is 4.78. The number of benzene rings is 3. The molecular weight excluding hydrogens is 506 g/mol. The summed E-state index contributed by atoms with van der Waals surface area (Å²) in [6, 6.07) is 23.7. The van der Waals surface area contributed by atoms with Gasteiger partial charge in [0.1, 0.15) is 18.1 Å². The van der Waals surface area contributed by atoms with Crippen molar-refractivity contribution in [2.45, 2.75) is 13.8 Å². The molecule has 0 saturated carbocycles. The summed E-state index contributed by atoms with van der Waals surface area (Å²) in [5.74, 6) is 1.30. The second kappa shape index (κ2) is 10.2. The van der Waals surface area contributed by atoms with Crippen molar-refractivity contribution < 1.29 is 4.74 Å². The second-order valence-corrected chi connectivity index (χ2v) is 10.2. The number of aromatic nitrogens is 5. The molecule has 0 unspecified atom stereocenters. The number of fused-ring (bicyclic) bond motifs is 1. The maximum Gasteiger partial charge on any atom is 0.291 e. The molecule has 0 atom stereocenters. The van der Waals surface area contributed by atoms with Crippen LogP contribution in [0.2, 0.25) is 0 Å². The number of rotatable bonds is 7. The van der Waals surface area contributed by atoms with Crippen LogP contribution in [0.1, 0.15) is 16.7 Å². The molecular formula is C31H25N5O2S. The molecule has 0 bridgehead atoms. The van der Waals surface area contributed by atoms with Gasteiger partial charge in [-0.3, -0.25) is 4.79 Å². The average Bonchev–Trinajstić information content (AvgIpc) is 3.64. The summed E-state index contributed by atoms with van der Waals surface area (Å²) >= 11 is 1.32. The molecule has 3 aromatic heterocycles. The molecule has 0 aliphatic carbocycles. The number of nitrogens with zero attached hydrogens (tertiary/aromatic N) is 5. The Kier molecular flexibility index (Phi) is 6.38. The minimum atomic E-state index is -0.204. The van der Waals surface area contributed by atoms with Crippen LogP contribution < -0.4 is 14.8 Å². The molecule has 39 heavy (non-hydrogen) atoms. The van der Waals surface area contributed by atoms with Crippen molar-refractivity contribution in [3.8, 4) is 34.1 Å². The van der Waals surface area contributed by atoms with E-state index in [0.717, 1.165) is 44.9 Å². The van der Waals surface area contributed by atoms with Gasteiger partial charge in [0.2, 0.25) is 4.96 Å². The smallest absolute Gasteiger partial charge is 0.291 e. The van der Waals surface area contributed by atoms with E-state index >= 15 is 0 Å². The van der Waals surface area contributed by atoms with E-state index in [1.807, 2.05) is 104 Å². The van der Waals surface area contributed by atoms with Gasteiger partial charge in [0.15, 0.2) is 5.82 Å². The Bertz CT molecular complexity index is 1920. The zero-order chi connectivity index (χ0) is 26.9. The van der Waals surface area contributed by atoms with Crippen molar-refractivity contribution in [1.82, 2.24) is 24.4 Å². The van der Waals surface area contributed by atoms with Crippen LogP contribution in [0.3, 0.4) is 0 Å². The molecule has 0 aliphatic heterocycles. The standard InChI is InChI=1S/C31H25N5O2S/c1-4-16-38-25-14-15-26(21(3)17-25)28-23(19-35(33-28)24-8-6-5-7-9-24)18-27-30(37)36-31(39-27)32-29(34-36)22-12-10-20(2)11-13-22/h4-15,17-19H,1,16H2,2-3H3/b27-18-. The van der Waals surface area contributed by atoms with Gasteiger partial charge in [-0.2, -0.15) is 14.6 Å². The molecule has 0 saturated heterocycles. The quantitative estimate of drug-likeness (QED) is 0.258. The molecule has 6 aromatic rings. The lowest BCUT2D eigenvalue weighted by molar-refractivity contribution is 0.363. The van der Waals surface area contributed by atoms with Gasteiger partial charge in [0.05, 0.1) is 10.2 Å². The van der Waals surface area contributed by atoms with Gasteiger partial charge < -0.3 is 4.74 Å². The largest absolute Gasteiger partial charge is 0.490 e. The third-order valence-corrected chi connectivity index (χ3v) is 7.32. The lowest BCUT2D eigenvalue weighted by Gasteiger charge is -2.08. The minimum Gasteiger partial charge on any atom is -0.490 e. The Hall–Kier alpha value is -4.82. The van der Waals surface area contributed by atoms with Crippen molar-refractivity contribution in [2.24, 2.45) is 0 Å². The van der Waals surface area contributed by atoms with Gasteiger partial charge in [-0.15, -0.1) is 5.10 Å². The number of hydrogen-bond acceptors (Lipinski definition) is 6. The van der Waals surface area contributed by atoms with Crippen molar-refractivity contribution >= 4 is 22.4 Å². The topological polar surface area (TPSA) is 74.3 Å². The zero-order valence-electron chi connectivity index (χ0n) is 21.5. The van der Waals surface area contributed by atoms with Gasteiger partial charge in [0.25, 0.3) is 5.56 Å². The van der Waals surface area contributed by atoms with Crippen LogP contribution >= 0.6 is 11.3 Å². The van der Waals surface area contributed by atoms with Crippen LogP contribution in [0.5, 0.6) is 5.75 Å². The van der Waals surface area contributed by atoms with Gasteiger partial charge in [-0.1, -0.05) is 72.0 Å². The van der Waals surface area contributed by atoms with Crippen molar-refractivity contribution in [2.75, 3.05) is 6.61 Å². The summed E-state index contributed by atoms with van der Waals surface area (Å²) in [4.78, 5) is 18.5. The van der Waals surface area contributed by atoms with E-state index < -0.39 is 0 Å². The normalized spacial score (nSPS) is 11.8. The molecule has 0 aliphatic rings.